The molecule has 0 amide bonds. The van der Waals surface area contributed by atoms with Gasteiger partial charge in [-0.3, -0.25) is 0 Å². The van der Waals surface area contributed by atoms with Gasteiger partial charge in [-0.15, -0.1) is 0 Å². The number of halogens is 1. The summed E-state index contributed by atoms with van der Waals surface area (Å²) >= 11 is 3.84. The van der Waals surface area contributed by atoms with Crippen molar-refractivity contribution in [2.75, 3.05) is 0 Å². The third kappa shape index (κ3) is 0.647. The summed E-state index contributed by atoms with van der Waals surface area (Å²) < 4.78 is 0.358. The van der Waals surface area contributed by atoms with Gasteiger partial charge in [-0.05, 0) is 31.6 Å². The van der Waals surface area contributed by atoms with E-state index in [2.05, 4.69) is 15.9 Å². The van der Waals surface area contributed by atoms with Crippen LogP contribution in [0.25, 0.3) is 0 Å². The quantitative estimate of drug-likeness (QED) is 0.583. The first-order valence-corrected chi connectivity index (χ1v) is 5.99. The molecule has 3 rings (SSSR count). The SMILES string of the molecule is C/C=C/C(O)C12C3CCCC1C32Br. The van der Waals surface area contributed by atoms with E-state index in [0.29, 0.717) is 4.32 Å². The number of aliphatic hydroxyl groups excluding tert-OH is 1. The Hall–Kier alpha value is 0.180. The first-order valence-electron chi connectivity index (χ1n) is 5.20. The third-order valence-corrected chi connectivity index (χ3v) is 6.31. The second kappa shape index (κ2) is 2.22. The van der Waals surface area contributed by atoms with Crippen LogP contribution in [-0.2, 0) is 0 Å². The van der Waals surface area contributed by atoms with Crippen molar-refractivity contribution < 1.29 is 5.11 Å². The van der Waals surface area contributed by atoms with Crippen molar-refractivity contribution in [3.05, 3.63) is 12.2 Å². The highest BCUT2D eigenvalue weighted by Gasteiger charge is 2.98. The van der Waals surface area contributed by atoms with Crippen LogP contribution in [0.1, 0.15) is 26.2 Å². The van der Waals surface area contributed by atoms with Crippen LogP contribution >= 0.6 is 15.9 Å². The first-order chi connectivity index (χ1) is 6.20. The van der Waals surface area contributed by atoms with Crippen molar-refractivity contribution in [1.82, 2.24) is 0 Å². The lowest BCUT2D eigenvalue weighted by Crippen LogP contribution is -2.26. The van der Waals surface area contributed by atoms with Crippen LogP contribution in [0.2, 0.25) is 0 Å². The predicted molar refractivity (Wildman–Crippen MR) is 55.7 cm³/mol. The van der Waals surface area contributed by atoms with Gasteiger partial charge in [0.25, 0.3) is 0 Å². The molecule has 3 unspecified atom stereocenters. The minimum Gasteiger partial charge on any atom is -0.388 e. The Morgan fingerprint density at radius 2 is 2.08 bits per heavy atom. The van der Waals surface area contributed by atoms with Crippen LogP contribution in [0.15, 0.2) is 12.2 Å². The first kappa shape index (κ1) is 8.49. The van der Waals surface area contributed by atoms with E-state index in [0.717, 1.165) is 11.8 Å². The molecule has 0 spiro atoms. The zero-order valence-electron chi connectivity index (χ0n) is 7.83. The largest absolute Gasteiger partial charge is 0.388 e. The molecule has 1 nitrogen and oxygen atoms in total. The molecule has 0 aliphatic heterocycles. The molecular formula is C11H15BrO. The maximum absolute atomic E-state index is 10.0. The van der Waals surface area contributed by atoms with Crippen molar-refractivity contribution in [3.8, 4) is 0 Å². The van der Waals surface area contributed by atoms with Gasteiger partial charge in [0.05, 0.1) is 6.10 Å². The van der Waals surface area contributed by atoms with Crippen LogP contribution < -0.4 is 0 Å². The standard InChI is InChI=1S/C11H15BrO/c1-2-4-9(13)10-7-5-3-6-8(10)11(7,10)12/h2,4,7-9,13H,3,5-6H2,1H3/b4-2+. The number of allylic oxidation sites excluding steroid dienone is 1. The van der Waals surface area contributed by atoms with Gasteiger partial charge < -0.3 is 5.11 Å². The molecule has 0 aromatic heterocycles. The van der Waals surface area contributed by atoms with Crippen molar-refractivity contribution in [1.29, 1.82) is 0 Å². The topological polar surface area (TPSA) is 20.2 Å². The molecule has 2 heteroatoms. The van der Waals surface area contributed by atoms with E-state index in [1.807, 2.05) is 19.1 Å². The minimum absolute atomic E-state index is 0.202. The van der Waals surface area contributed by atoms with E-state index in [1.165, 1.54) is 19.3 Å². The fraction of sp³-hybridized carbons (Fsp3) is 0.818. The summed E-state index contributed by atoms with van der Waals surface area (Å²) in [7, 11) is 0. The molecule has 0 heterocycles. The highest BCUT2D eigenvalue weighted by Crippen LogP contribution is 2.96. The Kier molecular flexibility index (Phi) is 1.45. The predicted octanol–water partition coefficient (Wildman–Crippen LogP) is 2.49. The van der Waals surface area contributed by atoms with E-state index in [-0.39, 0.29) is 11.5 Å². The molecule has 0 aromatic rings. The summed E-state index contributed by atoms with van der Waals surface area (Å²) in [5.74, 6) is 1.54. The van der Waals surface area contributed by atoms with E-state index in [1.54, 1.807) is 0 Å². The maximum Gasteiger partial charge on any atom is 0.0797 e. The Labute approximate surface area is 87.3 Å². The molecule has 3 aliphatic rings. The van der Waals surface area contributed by atoms with E-state index in [9.17, 15) is 5.11 Å². The number of rotatable bonds is 2. The molecule has 3 saturated carbocycles. The lowest BCUT2D eigenvalue weighted by molar-refractivity contribution is 0.112. The molecule has 72 valence electrons. The van der Waals surface area contributed by atoms with Crippen LogP contribution in [0, 0.1) is 17.3 Å². The number of aliphatic hydroxyl groups is 1. The fourth-order valence-corrected chi connectivity index (χ4v) is 5.74. The Morgan fingerprint density at radius 3 is 2.54 bits per heavy atom. The highest BCUT2D eigenvalue weighted by molar-refractivity contribution is 9.10. The summed E-state index contributed by atoms with van der Waals surface area (Å²) in [5.41, 5.74) is 0.262. The fourth-order valence-electron chi connectivity index (χ4n) is 3.97. The lowest BCUT2D eigenvalue weighted by Gasteiger charge is -2.27. The minimum atomic E-state index is -0.202. The Bertz CT molecular complexity index is 272. The number of hydrogen-bond donors (Lipinski definition) is 1. The monoisotopic (exact) mass is 242 g/mol. The van der Waals surface area contributed by atoms with Crippen molar-refractivity contribution in [3.63, 3.8) is 0 Å². The zero-order chi connectivity index (χ0) is 9.27. The number of alkyl halides is 1. The van der Waals surface area contributed by atoms with Gasteiger partial charge in [0.1, 0.15) is 0 Å². The summed E-state index contributed by atoms with van der Waals surface area (Å²) in [6.45, 7) is 1.98. The van der Waals surface area contributed by atoms with Crippen LogP contribution in [0.4, 0.5) is 0 Å². The molecule has 0 aromatic carbocycles. The van der Waals surface area contributed by atoms with Crippen molar-refractivity contribution in [2.24, 2.45) is 17.3 Å². The molecule has 13 heavy (non-hydrogen) atoms. The zero-order valence-corrected chi connectivity index (χ0v) is 9.42. The van der Waals surface area contributed by atoms with Gasteiger partial charge in [0.2, 0.25) is 0 Å². The Balaban J connectivity index is 1.87. The molecule has 3 atom stereocenters. The molecular weight excluding hydrogens is 228 g/mol. The number of hydrogen-bond acceptors (Lipinski definition) is 1. The summed E-state index contributed by atoms with van der Waals surface area (Å²) in [6, 6.07) is 0. The molecule has 3 fully saturated rings. The summed E-state index contributed by atoms with van der Waals surface area (Å²) in [6.07, 6.45) is 7.73. The molecule has 3 aliphatic carbocycles. The van der Waals surface area contributed by atoms with Crippen LogP contribution in [0.3, 0.4) is 0 Å². The van der Waals surface area contributed by atoms with E-state index >= 15 is 0 Å². The van der Waals surface area contributed by atoms with Gasteiger partial charge in [-0.25, -0.2) is 0 Å². The molecule has 0 radical (unpaired) electrons. The average molecular weight is 243 g/mol. The summed E-state index contributed by atoms with van der Waals surface area (Å²) in [4.78, 5) is 0. The second-order valence-electron chi connectivity index (χ2n) is 4.71. The van der Waals surface area contributed by atoms with Crippen LogP contribution in [-0.4, -0.2) is 15.5 Å². The molecule has 1 N–H and O–H groups in total. The van der Waals surface area contributed by atoms with Crippen molar-refractivity contribution >= 4 is 15.9 Å². The van der Waals surface area contributed by atoms with Gasteiger partial charge >= 0.3 is 0 Å². The smallest absolute Gasteiger partial charge is 0.0797 e. The van der Waals surface area contributed by atoms with Gasteiger partial charge in [0, 0.05) is 9.74 Å². The van der Waals surface area contributed by atoms with Gasteiger partial charge in [-0.2, -0.15) is 0 Å². The molecule has 0 saturated heterocycles. The lowest BCUT2D eigenvalue weighted by atomic mass is 9.80. The third-order valence-electron chi connectivity index (χ3n) is 4.51. The van der Waals surface area contributed by atoms with Crippen LogP contribution in [0.5, 0.6) is 0 Å². The maximum atomic E-state index is 10.0. The van der Waals surface area contributed by atoms with E-state index in [4.69, 9.17) is 0 Å². The number of fused-ring (bicyclic) bond motifs is 2. The van der Waals surface area contributed by atoms with Crippen molar-refractivity contribution in [2.45, 2.75) is 36.6 Å². The molecule has 0 bridgehead atoms. The van der Waals surface area contributed by atoms with E-state index < -0.39 is 0 Å². The highest BCUT2D eigenvalue weighted by atomic mass is 79.9. The normalized spacial score (nSPS) is 59.0. The Morgan fingerprint density at radius 1 is 1.46 bits per heavy atom. The van der Waals surface area contributed by atoms with Gasteiger partial charge in [0.15, 0.2) is 0 Å². The average Bonchev–Trinajstić information content (AvgIpc) is 2.91. The second-order valence-corrected chi connectivity index (χ2v) is 6.02. The summed E-state index contributed by atoms with van der Waals surface area (Å²) in [5, 5.41) is 10.0. The van der Waals surface area contributed by atoms with Gasteiger partial charge in [-0.1, -0.05) is 34.5 Å².